The van der Waals surface area contributed by atoms with Gasteiger partial charge in [-0.15, -0.1) is 0 Å². The Hall–Kier alpha value is -1.19. The summed E-state index contributed by atoms with van der Waals surface area (Å²) in [4.78, 5) is 15.1. The van der Waals surface area contributed by atoms with Gasteiger partial charge in [0.05, 0.1) is 0 Å². The number of ketones is 1. The molecule has 0 bridgehead atoms. The molecule has 1 N–H and O–H groups in total. The van der Waals surface area contributed by atoms with Gasteiger partial charge in [0.15, 0.2) is 5.78 Å². The van der Waals surface area contributed by atoms with Crippen molar-refractivity contribution >= 4 is 5.78 Å². The number of piperidine rings is 2. The molecule has 108 valence electrons. The van der Waals surface area contributed by atoms with Crippen molar-refractivity contribution in [3.8, 4) is 0 Å². The standard InChI is InChI=1S/C17H24N2O/c20-17(14-4-2-1-3-5-14)15-8-12-19(13-9-15)16-6-10-18-11-7-16/h1-5,15-16,18H,6-13H2. The average molecular weight is 272 g/mol. The molecule has 2 heterocycles. The lowest BCUT2D eigenvalue weighted by molar-refractivity contribution is 0.0756. The molecule has 20 heavy (non-hydrogen) atoms. The first kappa shape index (κ1) is 13.8. The van der Waals surface area contributed by atoms with E-state index in [0.717, 1.165) is 50.6 Å². The number of nitrogens with one attached hydrogen (secondary N) is 1. The molecule has 0 saturated carbocycles. The van der Waals surface area contributed by atoms with E-state index in [1.54, 1.807) is 0 Å². The monoisotopic (exact) mass is 272 g/mol. The Morgan fingerprint density at radius 2 is 1.65 bits per heavy atom. The maximum Gasteiger partial charge on any atom is 0.166 e. The molecule has 3 heteroatoms. The fourth-order valence-electron chi connectivity index (χ4n) is 3.54. The predicted octanol–water partition coefficient (Wildman–Crippen LogP) is 2.33. The number of rotatable bonds is 3. The van der Waals surface area contributed by atoms with E-state index in [9.17, 15) is 4.79 Å². The van der Waals surface area contributed by atoms with Crippen LogP contribution in [-0.2, 0) is 0 Å². The van der Waals surface area contributed by atoms with Gasteiger partial charge in [-0.1, -0.05) is 30.3 Å². The second-order valence-electron chi connectivity index (χ2n) is 6.02. The van der Waals surface area contributed by atoms with Crippen LogP contribution in [0.25, 0.3) is 0 Å². The minimum atomic E-state index is 0.232. The highest BCUT2D eigenvalue weighted by Gasteiger charge is 2.29. The highest BCUT2D eigenvalue weighted by Crippen LogP contribution is 2.25. The second kappa shape index (κ2) is 6.51. The van der Waals surface area contributed by atoms with Crippen LogP contribution in [0.4, 0.5) is 0 Å². The molecule has 2 aliphatic heterocycles. The molecule has 0 aliphatic carbocycles. The summed E-state index contributed by atoms with van der Waals surface area (Å²) >= 11 is 0. The number of carbonyl (C=O) groups excluding carboxylic acids is 1. The topological polar surface area (TPSA) is 32.3 Å². The smallest absolute Gasteiger partial charge is 0.166 e. The molecule has 0 radical (unpaired) electrons. The van der Waals surface area contributed by atoms with Crippen LogP contribution in [0.2, 0.25) is 0 Å². The molecule has 1 aromatic rings. The number of carbonyl (C=O) groups is 1. The summed E-state index contributed by atoms with van der Waals surface area (Å²) in [6, 6.07) is 10.5. The number of benzene rings is 1. The Morgan fingerprint density at radius 1 is 1.00 bits per heavy atom. The number of hydrogen-bond acceptors (Lipinski definition) is 3. The van der Waals surface area contributed by atoms with Crippen LogP contribution in [0.1, 0.15) is 36.0 Å². The summed E-state index contributed by atoms with van der Waals surface area (Å²) in [7, 11) is 0. The Kier molecular flexibility index (Phi) is 4.48. The minimum Gasteiger partial charge on any atom is -0.317 e. The van der Waals surface area contributed by atoms with E-state index in [1.165, 1.54) is 12.8 Å². The highest BCUT2D eigenvalue weighted by atomic mass is 16.1. The number of nitrogens with zero attached hydrogens (tertiary/aromatic N) is 1. The Bertz CT molecular complexity index is 432. The van der Waals surface area contributed by atoms with Gasteiger partial charge in [0.2, 0.25) is 0 Å². The van der Waals surface area contributed by atoms with E-state index in [2.05, 4.69) is 10.2 Å². The Balaban J connectivity index is 1.54. The van der Waals surface area contributed by atoms with Crippen molar-refractivity contribution in [1.82, 2.24) is 10.2 Å². The van der Waals surface area contributed by atoms with Gasteiger partial charge in [0.25, 0.3) is 0 Å². The third-order valence-corrected chi connectivity index (χ3v) is 4.78. The predicted molar refractivity (Wildman–Crippen MR) is 81.0 cm³/mol. The largest absolute Gasteiger partial charge is 0.317 e. The van der Waals surface area contributed by atoms with Gasteiger partial charge >= 0.3 is 0 Å². The molecule has 2 aliphatic rings. The van der Waals surface area contributed by atoms with Crippen molar-refractivity contribution in [3.05, 3.63) is 35.9 Å². The van der Waals surface area contributed by atoms with Crippen LogP contribution in [0.3, 0.4) is 0 Å². The van der Waals surface area contributed by atoms with Crippen LogP contribution in [0, 0.1) is 5.92 Å². The maximum atomic E-state index is 12.5. The average Bonchev–Trinajstić information content (AvgIpc) is 2.56. The Labute approximate surface area is 121 Å². The van der Waals surface area contributed by atoms with Crippen LogP contribution in [-0.4, -0.2) is 42.9 Å². The molecule has 0 atom stereocenters. The molecular weight excluding hydrogens is 248 g/mol. The SMILES string of the molecule is O=C(c1ccccc1)C1CCN(C2CCNCC2)CC1. The van der Waals surface area contributed by atoms with Crippen molar-refractivity contribution in [1.29, 1.82) is 0 Å². The van der Waals surface area contributed by atoms with E-state index in [1.807, 2.05) is 30.3 Å². The van der Waals surface area contributed by atoms with Gasteiger partial charge in [-0.2, -0.15) is 0 Å². The van der Waals surface area contributed by atoms with Gasteiger partial charge in [-0.05, 0) is 51.9 Å². The lowest BCUT2D eigenvalue weighted by atomic mass is 9.87. The van der Waals surface area contributed by atoms with Crippen molar-refractivity contribution in [3.63, 3.8) is 0 Å². The summed E-state index contributed by atoms with van der Waals surface area (Å²) in [5, 5.41) is 3.42. The number of likely N-dealkylation sites (tertiary alicyclic amines) is 1. The molecule has 0 unspecified atom stereocenters. The Morgan fingerprint density at radius 3 is 2.30 bits per heavy atom. The molecule has 2 saturated heterocycles. The van der Waals surface area contributed by atoms with E-state index < -0.39 is 0 Å². The van der Waals surface area contributed by atoms with Crippen molar-refractivity contribution in [2.24, 2.45) is 5.92 Å². The van der Waals surface area contributed by atoms with Crippen LogP contribution >= 0.6 is 0 Å². The molecular formula is C17H24N2O. The first-order valence-corrected chi connectivity index (χ1v) is 7.88. The molecule has 2 fully saturated rings. The van der Waals surface area contributed by atoms with Crippen molar-refractivity contribution in [2.45, 2.75) is 31.7 Å². The summed E-state index contributed by atoms with van der Waals surface area (Å²) < 4.78 is 0. The lowest BCUT2D eigenvalue weighted by Crippen LogP contribution is -2.47. The van der Waals surface area contributed by atoms with Gasteiger partial charge < -0.3 is 10.2 Å². The highest BCUT2D eigenvalue weighted by molar-refractivity contribution is 5.97. The molecule has 3 rings (SSSR count). The van der Waals surface area contributed by atoms with E-state index >= 15 is 0 Å². The first-order chi connectivity index (χ1) is 9.84. The van der Waals surface area contributed by atoms with E-state index in [-0.39, 0.29) is 5.92 Å². The molecule has 1 aromatic carbocycles. The fraction of sp³-hybridized carbons (Fsp3) is 0.588. The van der Waals surface area contributed by atoms with E-state index in [0.29, 0.717) is 5.78 Å². The molecule has 0 aromatic heterocycles. The third kappa shape index (κ3) is 3.10. The van der Waals surface area contributed by atoms with Crippen LogP contribution in [0.5, 0.6) is 0 Å². The number of hydrogen-bond donors (Lipinski definition) is 1. The van der Waals surface area contributed by atoms with Gasteiger partial charge in [-0.3, -0.25) is 4.79 Å². The minimum absolute atomic E-state index is 0.232. The zero-order chi connectivity index (χ0) is 13.8. The lowest BCUT2D eigenvalue weighted by Gasteiger charge is -2.39. The quantitative estimate of drug-likeness (QED) is 0.857. The zero-order valence-electron chi connectivity index (χ0n) is 12.1. The zero-order valence-corrected chi connectivity index (χ0v) is 12.1. The maximum absolute atomic E-state index is 12.5. The molecule has 3 nitrogen and oxygen atoms in total. The summed E-state index contributed by atoms with van der Waals surface area (Å²) in [6.45, 7) is 4.48. The van der Waals surface area contributed by atoms with Gasteiger partial charge in [0, 0.05) is 17.5 Å². The van der Waals surface area contributed by atoms with E-state index in [4.69, 9.17) is 0 Å². The van der Waals surface area contributed by atoms with Gasteiger partial charge in [-0.25, -0.2) is 0 Å². The van der Waals surface area contributed by atoms with Crippen molar-refractivity contribution < 1.29 is 4.79 Å². The second-order valence-corrected chi connectivity index (χ2v) is 6.02. The first-order valence-electron chi connectivity index (χ1n) is 7.88. The molecule has 0 amide bonds. The number of Topliss-reactive ketones (excluding diaryl/α,β-unsaturated/α-hetero) is 1. The summed E-state index contributed by atoms with van der Waals surface area (Å²) in [6.07, 6.45) is 4.57. The normalized spacial score (nSPS) is 22.8. The fourth-order valence-corrected chi connectivity index (χ4v) is 3.54. The summed E-state index contributed by atoms with van der Waals surface area (Å²) in [5.41, 5.74) is 0.882. The van der Waals surface area contributed by atoms with Gasteiger partial charge in [0.1, 0.15) is 0 Å². The summed E-state index contributed by atoms with van der Waals surface area (Å²) in [5.74, 6) is 0.575. The van der Waals surface area contributed by atoms with Crippen molar-refractivity contribution in [2.75, 3.05) is 26.2 Å². The molecule has 0 spiro atoms. The van der Waals surface area contributed by atoms with Crippen LogP contribution < -0.4 is 5.32 Å². The third-order valence-electron chi connectivity index (χ3n) is 4.78. The van der Waals surface area contributed by atoms with Crippen LogP contribution in [0.15, 0.2) is 30.3 Å².